The summed E-state index contributed by atoms with van der Waals surface area (Å²) in [5.74, 6) is 0.573. The lowest BCUT2D eigenvalue weighted by atomic mass is 9.91. The molecule has 0 aliphatic rings. The van der Waals surface area contributed by atoms with E-state index in [1.165, 1.54) is 0 Å². The number of aromatic nitrogens is 2. The molecule has 0 radical (unpaired) electrons. The summed E-state index contributed by atoms with van der Waals surface area (Å²) in [7, 11) is 1.92. The number of hydrogen-bond acceptors (Lipinski definition) is 2. The van der Waals surface area contributed by atoms with Gasteiger partial charge in [0.05, 0.1) is 6.20 Å². The van der Waals surface area contributed by atoms with E-state index in [4.69, 9.17) is 5.73 Å². The van der Waals surface area contributed by atoms with Crippen molar-refractivity contribution >= 4 is 0 Å². The van der Waals surface area contributed by atoms with Crippen molar-refractivity contribution in [3.05, 3.63) is 18.0 Å². The van der Waals surface area contributed by atoms with Gasteiger partial charge in [0.1, 0.15) is 0 Å². The van der Waals surface area contributed by atoms with Crippen LogP contribution in [0.2, 0.25) is 0 Å². The van der Waals surface area contributed by atoms with Crippen LogP contribution in [0.15, 0.2) is 12.4 Å². The smallest absolute Gasteiger partial charge is 0.0537 e. The van der Waals surface area contributed by atoms with Gasteiger partial charge in [-0.2, -0.15) is 5.10 Å². The molecule has 1 atom stereocenters. The molecule has 74 valence electrons. The van der Waals surface area contributed by atoms with Crippen molar-refractivity contribution in [2.24, 2.45) is 18.7 Å². The third-order valence-corrected chi connectivity index (χ3v) is 2.67. The fraction of sp³-hybridized carbons (Fsp3) is 0.700. The maximum atomic E-state index is 6.12. The molecule has 0 aromatic carbocycles. The van der Waals surface area contributed by atoms with Gasteiger partial charge in [-0.05, 0) is 5.92 Å². The summed E-state index contributed by atoms with van der Waals surface area (Å²) < 4.78 is 1.80. The number of nitrogens with two attached hydrogens (primary N) is 1. The first-order chi connectivity index (χ1) is 6.19. The second-order valence-electron chi connectivity index (χ2n) is 3.55. The first kappa shape index (κ1) is 10.3. The molecule has 2 N–H and O–H groups in total. The maximum Gasteiger partial charge on any atom is 0.0537 e. The van der Waals surface area contributed by atoms with Crippen molar-refractivity contribution in [3.8, 4) is 0 Å². The number of aryl methyl sites for hydroxylation is 1. The Labute approximate surface area is 79.9 Å². The normalized spacial score (nSPS) is 13.6. The summed E-state index contributed by atoms with van der Waals surface area (Å²) in [5, 5.41) is 4.13. The highest BCUT2D eigenvalue weighted by Crippen LogP contribution is 2.24. The van der Waals surface area contributed by atoms with Crippen LogP contribution in [0.25, 0.3) is 0 Å². The van der Waals surface area contributed by atoms with E-state index in [1.807, 2.05) is 19.4 Å². The standard InChI is InChI=1S/C10H19N3/c1-4-8(5-2)10(11)9-6-12-13(3)7-9/h6-8,10H,4-5,11H2,1-3H3. The van der Waals surface area contributed by atoms with Crippen LogP contribution in [0.1, 0.15) is 38.3 Å². The Bertz CT molecular complexity index is 250. The number of rotatable bonds is 4. The molecule has 13 heavy (non-hydrogen) atoms. The topological polar surface area (TPSA) is 43.8 Å². The minimum Gasteiger partial charge on any atom is -0.324 e. The molecule has 0 aliphatic heterocycles. The summed E-state index contributed by atoms with van der Waals surface area (Å²) in [6.07, 6.45) is 6.13. The highest BCUT2D eigenvalue weighted by molar-refractivity contribution is 5.10. The van der Waals surface area contributed by atoms with Crippen LogP contribution in [0.3, 0.4) is 0 Å². The Kier molecular flexibility index (Phi) is 3.48. The molecular weight excluding hydrogens is 162 g/mol. The minimum absolute atomic E-state index is 0.142. The van der Waals surface area contributed by atoms with E-state index in [0.29, 0.717) is 5.92 Å². The Morgan fingerprint density at radius 3 is 2.46 bits per heavy atom. The van der Waals surface area contributed by atoms with Gasteiger partial charge in [0, 0.05) is 24.8 Å². The van der Waals surface area contributed by atoms with Crippen molar-refractivity contribution in [2.45, 2.75) is 32.7 Å². The molecule has 0 aliphatic carbocycles. The predicted octanol–water partition coefficient (Wildman–Crippen LogP) is 1.86. The molecule has 1 aromatic rings. The van der Waals surface area contributed by atoms with Gasteiger partial charge in [-0.1, -0.05) is 26.7 Å². The second kappa shape index (κ2) is 4.42. The Morgan fingerprint density at radius 1 is 1.46 bits per heavy atom. The highest BCUT2D eigenvalue weighted by Gasteiger charge is 2.16. The average Bonchev–Trinajstić information content (AvgIpc) is 2.54. The summed E-state index contributed by atoms with van der Waals surface area (Å²) >= 11 is 0. The van der Waals surface area contributed by atoms with Gasteiger partial charge in [0.2, 0.25) is 0 Å². The molecule has 0 spiro atoms. The van der Waals surface area contributed by atoms with Gasteiger partial charge in [0.15, 0.2) is 0 Å². The molecule has 0 fully saturated rings. The van der Waals surface area contributed by atoms with Gasteiger partial charge < -0.3 is 5.73 Å². The van der Waals surface area contributed by atoms with E-state index < -0.39 is 0 Å². The molecule has 3 heteroatoms. The largest absolute Gasteiger partial charge is 0.324 e. The molecule has 1 aromatic heterocycles. The maximum absolute atomic E-state index is 6.12. The van der Waals surface area contributed by atoms with Crippen molar-refractivity contribution < 1.29 is 0 Å². The van der Waals surface area contributed by atoms with E-state index in [1.54, 1.807) is 4.68 Å². The minimum atomic E-state index is 0.142. The van der Waals surface area contributed by atoms with Crippen molar-refractivity contribution in [1.82, 2.24) is 9.78 Å². The molecule has 0 saturated heterocycles. The molecule has 1 unspecified atom stereocenters. The van der Waals surface area contributed by atoms with Gasteiger partial charge in [0.25, 0.3) is 0 Å². The average molecular weight is 181 g/mol. The number of hydrogen-bond donors (Lipinski definition) is 1. The van der Waals surface area contributed by atoms with Crippen molar-refractivity contribution in [1.29, 1.82) is 0 Å². The summed E-state index contributed by atoms with van der Waals surface area (Å²) in [6, 6.07) is 0.142. The zero-order chi connectivity index (χ0) is 9.84. The van der Waals surface area contributed by atoms with Crippen LogP contribution in [0.4, 0.5) is 0 Å². The summed E-state index contributed by atoms with van der Waals surface area (Å²) in [4.78, 5) is 0. The first-order valence-corrected chi connectivity index (χ1v) is 4.93. The van der Waals surface area contributed by atoms with Crippen LogP contribution >= 0.6 is 0 Å². The first-order valence-electron chi connectivity index (χ1n) is 4.93. The molecule has 0 bridgehead atoms. The van der Waals surface area contributed by atoms with E-state index >= 15 is 0 Å². The SMILES string of the molecule is CCC(CC)C(N)c1cnn(C)c1. The lowest BCUT2D eigenvalue weighted by molar-refractivity contribution is 0.405. The van der Waals surface area contributed by atoms with E-state index in [-0.39, 0.29) is 6.04 Å². The van der Waals surface area contributed by atoms with Crippen LogP contribution in [0, 0.1) is 5.92 Å². The third kappa shape index (κ3) is 2.31. The fourth-order valence-corrected chi connectivity index (χ4v) is 1.68. The fourth-order valence-electron chi connectivity index (χ4n) is 1.68. The molecule has 0 saturated carbocycles. The zero-order valence-electron chi connectivity index (χ0n) is 8.70. The third-order valence-electron chi connectivity index (χ3n) is 2.67. The summed E-state index contributed by atoms with van der Waals surface area (Å²) in [6.45, 7) is 4.37. The van der Waals surface area contributed by atoms with E-state index in [0.717, 1.165) is 18.4 Å². The lowest BCUT2D eigenvalue weighted by Gasteiger charge is -2.19. The Hall–Kier alpha value is -0.830. The zero-order valence-corrected chi connectivity index (χ0v) is 8.70. The summed E-state index contributed by atoms with van der Waals surface area (Å²) in [5.41, 5.74) is 7.27. The molecule has 1 rings (SSSR count). The lowest BCUT2D eigenvalue weighted by Crippen LogP contribution is -2.19. The van der Waals surface area contributed by atoms with Crippen LogP contribution < -0.4 is 5.73 Å². The van der Waals surface area contributed by atoms with Gasteiger partial charge >= 0.3 is 0 Å². The van der Waals surface area contributed by atoms with Gasteiger partial charge in [-0.3, -0.25) is 4.68 Å². The van der Waals surface area contributed by atoms with Crippen molar-refractivity contribution in [3.63, 3.8) is 0 Å². The molecule has 0 amide bonds. The van der Waals surface area contributed by atoms with Crippen LogP contribution in [-0.4, -0.2) is 9.78 Å². The van der Waals surface area contributed by atoms with Crippen LogP contribution in [-0.2, 0) is 7.05 Å². The second-order valence-corrected chi connectivity index (χ2v) is 3.55. The van der Waals surface area contributed by atoms with E-state index in [9.17, 15) is 0 Å². The quantitative estimate of drug-likeness (QED) is 0.770. The Balaban J connectivity index is 2.71. The number of nitrogens with zero attached hydrogens (tertiary/aromatic N) is 2. The van der Waals surface area contributed by atoms with Gasteiger partial charge in [-0.15, -0.1) is 0 Å². The van der Waals surface area contributed by atoms with Crippen molar-refractivity contribution in [2.75, 3.05) is 0 Å². The molecular formula is C10H19N3. The molecule has 3 nitrogen and oxygen atoms in total. The molecule has 1 heterocycles. The van der Waals surface area contributed by atoms with E-state index in [2.05, 4.69) is 18.9 Å². The highest BCUT2D eigenvalue weighted by atomic mass is 15.2. The Morgan fingerprint density at radius 2 is 2.08 bits per heavy atom. The predicted molar refractivity (Wildman–Crippen MR) is 54.2 cm³/mol. The van der Waals surface area contributed by atoms with Gasteiger partial charge in [-0.25, -0.2) is 0 Å². The van der Waals surface area contributed by atoms with Crippen LogP contribution in [0.5, 0.6) is 0 Å². The monoisotopic (exact) mass is 181 g/mol.